The van der Waals surface area contributed by atoms with Gasteiger partial charge in [-0.05, 0) is 42.3 Å². The van der Waals surface area contributed by atoms with Gasteiger partial charge in [-0.25, -0.2) is 0 Å². The fraction of sp³-hybridized carbons (Fsp3) is 0.250. The summed E-state index contributed by atoms with van der Waals surface area (Å²) in [7, 11) is 0. The summed E-state index contributed by atoms with van der Waals surface area (Å²) in [6, 6.07) is 10.8. The molecule has 0 bridgehead atoms. The summed E-state index contributed by atoms with van der Waals surface area (Å²) >= 11 is 1.42. The van der Waals surface area contributed by atoms with E-state index in [9.17, 15) is 9.59 Å². The van der Waals surface area contributed by atoms with Gasteiger partial charge < -0.3 is 14.5 Å². The molecule has 1 aromatic carbocycles. The van der Waals surface area contributed by atoms with Gasteiger partial charge in [0.05, 0.1) is 17.3 Å². The summed E-state index contributed by atoms with van der Waals surface area (Å²) in [5, 5.41) is 2.72. The Morgan fingerprint density at radius 1 is 1.32 bits per heavy atom. The maximum Gasteiger partial charge on any atom is 0.270 e. The first-order valence-corrected chi connectivity index (χ1v) is 9.78. The SMILES string of the molecule is O=C(COc1ccc(/C=c2\sc3n(c2=O)CCCN=3)cc1)NCc1ccco1. The van der Waals surface area contributed by atoms with E-state index >= 15 is 0 Å². The lowest BCUT2D eigenvalue weighted by atomic mass is 10.2. The molecule has 7 nitrogen and oxygen atoms in total. The highest BCUT2D eigenvalue weighted by molar-refractivity contribution is 7.07. The third-order valence-electron chi connectivity index (χ3n) is 4.26. The van der Waals surface area contributed by atoms with E-state index in [0.717, 1.165) is 29.9 Å². The van der Waals surface area contributed by atoms with Gasteiger partial charge >= 0.3 is 0 Å². The zero-order valence-electron chi connectivity index (χ0n) is 15.1. The molecular weight excluding hydrogens is 378 g/mol. The highest BCUT2D eigenvalue weighted by atomic mass is 32.1. The van der Waals surface area contributed by atoms with Crippen molar-refractivity contribution in [2.24, 2.45) is 4.99 Å². The summed E-state index contributed by atoms with van der Waals surface area (Å²) < 4.78 is 13.1. The van der Waals surface area contributed by atoms with Crippen LogP contribution in [0.2, 0.25) is 0 Å². The van der Waals surface area contributed by atoms with E-state index in [4.69, 9.17) is 9.15 Å². The first-order chi connectivity index (χ1) is 13.7. The number of amides is 1. The van der Waals surface area contributed by atoms with Crippen LogP contribution >= 0.6 is 11.3 Å². The summed E-state index contributed by atoms with van der Waals surface area (Å²) in [5.41, 5.74) is 0.905. The van der Waals surface area contributed by atoms with E-state index in [2.05, 4.69) is 10.3 Å². The topological polar surface area (TPSA) is 85.8 Å². The molecule has 1 aliphatic heterocycles. The van der Waals surface area contributed by atoms with Crippen LogP contribution in [0.4, 0.5) is 0 Å². The summed E-state index contributed by atoms with van der Waals surface area (Å²) in [4.78, 5) is 29.4. The number of ether oxygens (including phenoxy) is 1. The molecule has 0 aliphatic carbocycles. The van der Waals surface area contributed by atoms with Gasteiger partial charge in [-0.2, -0.15) is 0 Å². The highest BCUT2D eigenvalue weighted by Crippen LogP contribution is 2.12. The fourth-order valence-corrected chi connectivity index (χ4v) is 3.87. The maximum atomic E-state index is 12.4. The van der Waals surface area contributed by atoms with Crippen molar-refractivity contribution in [3.8, 4) is 5.75 Å². The van der Waals surface area contributed by atoms with Crippen molar-refractivity contribution >= 4 is 23.3 Å². The Hall–Kier alpha value is -3.13. The number of aromatic nitrogens is 1. The standard InChI is InChI=1S/C20H19N3O4S/c24-18(22-12-16-3-1-10-26-16)13-27-15-6-4-14(5-7-15)11-17-19(25)23-9-2-8-21-20(23)28-17/h1,3-7,10-11H,2,8-9,12-13H2,(H,22,24)/b17-11-. The van der Waals surface area contributed by atoms with Gasteiger partial charge in [0, 0.05) is 13.1 Å². The van der Waals surface area contributed by atoms with Crippen LogP contribution < -0.4 is 24.9 Å². The minimum absolute atomic E-state index is 0.0111. The van der Waals surface area contributed by atoms with Crippen molar-refractivity contribution in [3.05, 3.63) is 73.7 Å². The van der Waals surface area contributed by atoms with E-state index in [1.807, 2.05) is 18.2 Å². The number of benzene rings is 1. The Labute approximate surface area is 164 Å². The second kappa shape index (κ2) is 8.26. The Morgan fingerprint density at radius 3 is 2.93 bits per heavy atom. The van der Waals surface area contributed by atoms with E-state index in [-0.39, 0.29) is 18.1 Å². The minimum atomic E-state index is -0.229. The first-order valence-electron chi connectivity index (χ1n) is 8.97. The molecule has 1 aliphatic rings. The summed E-state index contributed by atoms with van der Waals surface area (Å²) in [6.07, 6.45) is 4.32. The van der Waals surface area contributed by atoms with Gasteiger partial charge in [0.25, 0.3) is 11.5 Å². The van der Waals surface area contributed by atoms with Gasteiger partial charge in [-0.1, -0.05) is 23.5 Å². The molecule has 0 saturated carbocycles. The molecule has 0 spiro atoms. The summed E-state index contributed by atoms with van der Waals surface area (Å²) in [6.45, 7) is 1.76. The molecule has 2 aromatic heterocycles. The number of fused-ring (bicyclic) bond motifs is 1. The Balaban J connectivity index is 1.37. The lowest BCUT2D eigenvalue weighted by Gasteiger charge is -2.06. The molecule has 0 atom stereocenters. The molecule has 3 heterocycles. The lowest BCUT2D eigenvalue weighted by Crippen LogP contribution is -2.33. The number of nitrogens with one attached hydrogen (secondary N) is 1. The second-order valence-electron chi connectivity index (χ2n) is 6.30. The number of nitrogens with zero attached hydrogens (tertiary/aromatic N) is 2. The van der Waals surface area contributed by atoms with Crippen LogP contribution in [0.5, 0.6) is 5.75 Å². The number of rotatable bonds is 6. The van der Waals surface area contributed by atoms with Crippen LogP contribution in [0, 0.1) is 0 Å². The smallest absolute Gasteiger partial charge is 0.270 e. The van der Waals surface area contributed by atoms with E-state index in [0.29, 0.717) is 22.6 Å². The van der Waals surface area contributed by atoms with Crippen LogP contribution in [-0.2, 0) is 17.9 Å². The first kappa shape index (κ1) is 18.2. The van der Waals surface area contributed by atoms with Crippen molar-refractivity contribution in [2.75, 3.05) is 13.2 Å². The normalized spacial score (nSPS) is 13.6. The number of carbonyl (C=O) groups is 1. The van der Waals surface area contributed by atoms with Crippen molar-refractivity contribution < 1.29 is 13.9 Å². The quantitative estimate of drug-likeness (QED) is 0.674. The molecular formula is C20H19N3O4S. The van der Waals surface area contributed by atoms with Gasteiger partial charge in [-0.15, -0.1) is 0 Å². The minimum Gasteiger partial charge on any atom is -0.484 e. The van der Waals surface area contributed by atoms with Gasteiger partial charge in [0.15, 0.2) is 11.4 Å². The van der Waals surface area contributed by atoms with Crippen LogP contribution in [0.1, 0.15) is 17.7 Å². The second-order valence-corrected chi connectivity index (χ2v) is 7.31. The lowest BCUT2D eigenvalue weighted by molar-refractivity contribution is -0.123. The number of furan rings is 1. The monoisotopic (exact) mass is 397 g/mol. The molecule has 0 radical (unpaired) electrons. The molecule has 0 saturated heterocycles. The van der Waals surface area contributed by atoms with Crippen LogP contribution in [0.15, 0.2) is 56.9 Å². The highest BCUT2D eigenvalue weighted by Gasteiger charge is 2.09. The number of hydrogen-bond acceptors (Lipinski definition) is 6. The maximum absolute atomic E-state index is 12.4. The molecule has 0 unspecified atom stereocenters. The molecule has 0 fully saturated rings. The van der Waals surface area contributed by atoms with E-state index in [1.165, 1.54) is 11.3 Å². The van der Waals surface area contributed by atoms with Crippen molar-refractivity contribution in [1.29, 1.82) is 0 Å². The Kier molecular flexibility index (Phi) is 5.38. The third-order valence-corrected chi connectivity index (χ3v) is 5.31. The van der Waals surface area contributed by atoms with Crippen LogP contribution in [0.3, 0.4) is 0 Å². The van der Waals surface area contributed by atoms with Crippen LogP contribution in [-0.4, -0.2) is 23.6 Å². The zero-order valence-corrected chi connectivity index (χ0v) is 15.9. The molecule has 1 amide bonds. The van der Waals surface area contributed by atoms with Gasteiger partial charge in [0.1, 0.15) is 11.5 Å². The zero-order chi connectivity index (χ0) is 19.3. The van der Waals surface area contributed by atoms with Crippen molar-refractivity contribution in [1.82, 2.24) is 9.88 Å². The molecule has 28 heavy (non-hydrogen) atoms. The largest absolute Gasteiger partial charge is 0.484 e. The molecule has 3 aromatic rings. The molecule has 4 rings (SSSR count). The third kappa shape index (κ3) is 4.23. The van der Waals surface area contributed by atoms with Gasteiger partial charge in [0.2, 0.25) is 0 Å². The Morgan fingerprint density at radius 2 is 2.18 bits per heavy atom. The van der Waals surface area contributed by atoms with Crippen molar-refractivity contribution in [2.45, 2.75) is 19.5 Å². The van der Waals surface area contributed by atoms with Crippen molar-refractivity contribution in [3.63, 3.8) is 0 Å². The number of thiazole rings is 1. The van der Waals surface area contributed by atoms with Gasteiger partial charge in [-0.3, -0.25) is 19.1 Å². The number of hydrogen-bond donors (Lipinski definition) is 1. The predicted octanol–water partition coefficient (Wildman–Crippen LogP) is 1.05. The van der Waals surface area contributed by atoms with E-state index < -0.39 is 0 Å². The molecule has 144 valence electrons. The Bertz CT molecular complexity index is 1130. The van der Waals surface area contributed by atoms with Crippen LogP contribution in [0.25, 0.3) is 6.08 Å². The summed E-state index contributed by atoms with van der Waals surface area (Å²) in [5.74, 6) is 1.04. The average molecular weight is 397 g/mol. The fourth-order valence-electron chi connectivity index (χ4n) is 2.84. The molecule has 8 heteroatoms. The average Bonchev–Trinajstić information content (AvgIpc) is 3.35. The van der Waals surface area contributed by atoms with E-state index in [1.54, 1.807) is 35.1 Å². The molecule has 1 N–H and O–H groups in total. The predicted molar refractivity (Wildman–Crippen MR) is 105 cm³/mol. The number of carbonyl (C=O) groups excluding carboxylic acids is 1.